The second kappa shape index (κ2) is 8.78. The lowest BCUT2D eigenvalue weighted by Gasteiger charge is -2.34. The molecule has 0 saturated heterocycles. The Kier molecular flexibility index (Phi) is 6.35. The Hall–Kier alpha value is -3.01. The van der Waals surface area contributed by atoms with E-state index in [0.29, 0.717) is 12.0 Å². The molecule has 0 radical (unpaired) electrons. The molecule has 30 heavy (non-hydrogen) atoms. The normalized spacial score (nSPS) is 18.3. The summed E-state index contributed by atoms with van der Waals surface area (Å²) in [6, 6.07) is 9.51. The van der Waals surface area contributed by atoms with Gasteiger partial charge in [-0.3, -0.25) is 14.4 Å². The lowest BCUT2D eigenvalue weighted by Crippen LogP contribution is -2.43. The van der Waals surface area contributed by atoms with Gasteiger partial charge in [0.1, 0.15) is 5.54 Å². The highest BCUT2D eigenvalue weighted by Crippen LogP contribution is 2.45. The molecule has 1 atom stereocenters. The summed E-state index contributed by atoms with van der Waals surface area (Å²) >= 11 is 0. The first-order valence-corrected chi connectivity index (χ1v) is 10.4. The molecule has 0 fully saturated rings. The maximum Gasteiger partial charge on any atom is 0.258 e. The minimum Gasteiger partial charge on any atom is -0.325 e. The molecular weight excluding hydrogens is 374 g/mol. The van der Waals surface area contributed by atoms with E-state index in [4.69, 9.17) is 0 Å². The molecule has 1 unspecified atom stereocenters. The number of rotatable bonds is 7. The largest absolute Gasteiger partial charge is 0.325 e. The van der Waals surface area contributed by atoms with Crippen LogP contribution in [0.1, 0.15) is 45.6 Å². The van der Waals surface area contributed by atoms with Gasteiger partial charge < -0.3 is 4.90 Å². The monoisotopic (exact) mass is 403 g/mol. The molecule has 1 heterocycles. The van der Waals surface area contributed by atoms with E-state index in [1.807, 2.05) is 30.3 Å². The first-order valence-electron chi connectivity index (χ1n) is 10.4. The van der Waals surface area contributed by atoms with Crippen LogP contribution in [0.5, 0.6) is 0 Å². The minimum atomic E-state index is -0.914. The van der Waals surface area contributed by atoms with Gasteiger partial charge in [-0.1, -0.05) is 48.9 Å². The maximum atomic E-state index is 13.3. The van der Waals surface area contributed by atoms with Crippen molar-refractivity contribution in [1.29, 1.82) is 0 Å². The van der Waals surface area contributed by atoms with Crippen molar-refractivity contribution in [2.75, 3.05) is 7.05 Å². The molecule has 156 valence electrons. The smallest absolute Gasteiger partial charge is 0.258 e. The highest BCUT2D eigenvalue weighted by molar-refractivity contribution is 6.29. The molecule has 4 nitrogen and oxygen atoms in total. The van der Waals surface area contributed by atoms with Gasteiger partial charge in [-0.2, -0.15) is 0 Å². The Labute approximate surface area is 178 Å². The summed E-state index contributed by atoms with van der Waals surface area (Å²) in [5, 5.41) is 0. The van der Waals surface area contributed by atoms with Gasteiger partial charge in [0.05, 0.1) is 5.57 Å². The Morgan fingerprint density at radius 1 is 1.10 bits per heavy atom. The first-order chi connectivity index (χ1) is 14.3. The van der Waals surface area contributed by atoms with Crippen molar-refractivity contribution in [3.05, 3.63) is 77.4 Å². The zero-order chi connectivity index (χ0) is 21.9. The van der Waals surface area contributed by atoms with Crippen LogP contribution in [0.25, 0.3) is 5.57 Å². The standard InChI is InChI=1S/C26H29NO3/c1-18(2)9-8-10-19(3)17-22(29)23-24(20-11-6-5-7-12-20)26(27(4)25(23)30)15-13-21(28)14-16-26/h5-7,9,11-16,19H,8,10,17H2,1-4H3. The predicted molar refractivity (Wildman–Crippen MR) is 120 cm³/mol. The van der Waals surface area contributed by atoms with Crippen molar-refractivity contribution in [1.82, 2.24) is 4.90 Å². The second-order valence-corrected chi connectivity index (χ2v) is 8.47. The average Bonchev–Trinajstić information content (AvgIpc) is 2.92. The zero-order valence-corrected chi connectivity index (χ0v) is 18.1. The minimum absolute atomic E-state index is 0.124. The molecule has 0 N–H and O–H groups in total. The lowest BCUT2D eigenvalue weighted by molar-refractivity contribution is -0.129. The first kappa shape index (κ1) is 21.7. The van der Waals surface area contributed by atoms with Gasteiger partial charge in [-0.05, 0) is 62.5 Å². The molecule has 4 heteroatoms. The average molecular weight is 404 g/mol. The van der Waals surface area contributed by atoms with Gasteiger partial charge in [0, 0.05) is 19.0 Å². The molecule has 1 aliphatic carbocycles. The summed E-state index contributed by atoms with van der Waals surface area (Å²) in [5.74, 6) is -0.377. The van der Waals surface area contributed by atoms with Crippen LogP contribution in [-0.4, -0.2) is 35.0 Å². The summed E-state index contributed by atoms with van der Waals surface area (Å²) in [7, 11) is 1.69. The second-order valence-electron chi connectivity index (χ2n) is 8.47. The van der Waals surface area contributed by atoms with Gasteiger partial charge in [-0.15, -0.1) is 0 Å². The van der Waals surface area contributed by atoms with Crippen LogP contribution in [0.2, 0.25) is 0 Å². The number of hydrogen-bond acceptors (Lipinski definition) is 3. The summed E-state index contributed by atoms with van der Waals surface area (Å²) < 4.78 is 0. The van der Waals surface area contributed by atoms with Crippen LogP contribution in [0, 0.1) is 5.92 Å². The highest BCUT2D eigenvalue weighted by Gasteiger charge is 2.49. The fraction of sp³-hybridized carbons (Fsp3) is 0.346. The van der Waals surface area contributed by atoms with E-state index in [1.165, 1.54) is 17.7 Å². The number of allylic oxidation sites excluding steroid dienone is 4. The highest BCUT2D eigenvalue weighted by atomic mass is 16.2. The van der Waals surface area contributed by atoms with Gasteiger partial charge in [0.15, 0.2) is 11.6 Å². The topological polar surface area (TPSA) is 54.5 Å². The molecule has 0 bridgehead atoms. The number of Topliss-reactive ketones (excluding diaryl/α,β-unsaturated/α-hetero) is 1. The lowest BCUT2D eigenvalue weighted by atomic mass is 9.80. The van der Waals surface area contributed by atoms with Crippen LogP contribution in [0.15, 0.2) is 71.9 Å². The molecule has 1 aliphatic heterocycles. The molecule has 3 rings (SSSR count). The van der Waals surface area contributed by atoms with E-state index >= 15 is 0 Å². The third kappa shape index (κ3) is 4.13. The van der Waals surface area contributed by atoms with Gasteiger partial charge in [-0.25, -0.2) is 0 Å². The van der Waals surface area contributed by atoms with E-state index in [2.05, 4.69) is 26.8 Å². The molecule has 0 aromatic heterocycles. The van der Waals surface area contributed by atoms with E-state index in [1.54, 1.807) is 24.1 Å². The van der Waals surface area contributed by atoms with Crippen molar-refractivity contribution >= 4 is 23.0 Å². The van der Waals surface area contributed by atoms with E-state index < -0.39 is 5.54 Å². The van der Waals surface area contributed by atoms with Crippen LogP contribution in [0.4, 0.5) is 0 Å². The zero-order valence-electron chi connectivity index (χ0n) is 18.1. The van der Waals surface area contributed by atoms with Gasteiger partial charge in [0.25, 0.3) is 5.91 Å². The van der Waals surface area contributed by atoms with Crippen molar-refractivity contribution in [2.45, 2.75) is 45.6 Å². The molecule has 1 aromatic rings. The maximum absolute atomic E-state index is 13.3. The van der Waals surface area contributed by atoms with Crippen LogP contribution in [0.3, 0.4) is 0 Å². The number of carbonyl (C=O) groups excluding carboxylic acids is 3. The molecular formula is C26H29NO3. The molecule has 1 amide bonds. The van der Waals surface area contributed by atoms with Crippen molar-refractivity contribution in [3.63, 3.8) is 0 Å². The third-order valence-corrected chi connectivity index (χ3v) is 5.81. The Morgan fingerprint density at radius 2 is 1.73 bits per heavy atom. The van der Waals surface area contributed by atoms with Crippen molar-refractivity contribution in [3.8, 4) is 0 Å². The van der Waals surface area contributed by atoms with Gasteiger partial charge >= 0.3 is 0 Å². The fourth-order valence-corrected chi connectivity index (χ4v) is 4.15. The molecule has 0 saturated carbocycles. The molecule has 1 spiro atoms. The van der Waals surface area contributed by atoms with Crippen molar-refractivity contribution < 1.29 is 14.4 Å². The van der Waals surface area contributed by atoms with E-state index in [9.17, 15) is 14.4 Å². The summed E-state index contributed by atoms with van der Waals surface area (Å²) in [6.07, 6.45) is 10.7. The number of nitrogens with zero attached hydrogens (tertiary/aromatic N) is 1. The fourth-order valence-electron chi connectivity index (χ4n) is 4.15. The predicted octanol–water partition coefficient (Wildman–Crippen LogP) is 4.69. The third-order valence-electron chi connectivity index (χ3n) is 5.81. The number of carbonyl (C=O) groups is 3. The van der Waals surface area contributed by atoms with Crippen LogP contribution in [-0.2, 0) is 14.4 Å². The number of likely N-dealkylation sites (N-methyl/N-ethyl adjacent to an activating group) is 1. The summed E-state index contributed by atoms with van der Waals surface area (Å²) in [5.41, 5.74) is 2.07. The van der Waals surface area contributed by atoms with Crippen LogP contribution >= 0.6 is 0 Å². The number of ketones is 2. The number of amides is 1. The number of benzene rings is 1. The van der Waals surface area contributed by atoms with E-state index in [0.717, 1.165) is 18.4 Å². The van der Waals surface area contributed by atoms with Crippen LogP contribution < -0.4 is 0 Å². The Morgan fingerprint density at radius 3 is 2.33 bits per heavy atom. The number of hydrogen-bond donors (Lipinski definition) is 0. The summed E-state index contributed by atoms with van der Waals surface area (Å²) in [6.45, 7) is 6.18. The SMILES string of the molecule is CC(C)=CCCC(C)CC(=O)C1=C(c2ccccc2)C2(C=CC(=O)C=C2)N(C)C1=O. The van der Waals surface area contributed by atoms with Gasteiger partial charge in [0.2, 0.25) is 0 Å². The Bertz CT molecular complexity index is 959. The van der Waals surface area contributed by atoms with E-state index in [-0.39, 0.29) is 29.0 Å². The molecule has 1 aromatic carbocycles. The Balaban J connectivity index is 2.02. The van der Waals surface area contributed by atoms with Crippen molar-refractivity contribution in [2.24, 2.45) is 5.92 Å². The quantitative estimate of drug-likeness (QED) is 0.490. The molecule has 2 aliphatic rings. The summed E-state index contributed by atoms with van der Waals surface area (Å²) in [4.78, 5) is 39.9.